The first-order valence-electron chi connectivity index (χ1n) is 7.78. The maximum atomic E-state index is 14.2. The maximum absolute atomic E-state index is 14.2. The second-order valence-electron chi connectivity index (χ2n) is 6.39. The minimum absolute atomic E-state index is 0.0565. The molecule has 0 heterocycles. The summed E-state index contributed by atoms with van der Waals surface area (Å²) >= 11 is 1.72. The Labute approximate surface area is 175 Å². The Hall–Kier alpha value is -1.40. The van der Waals surface area contributed by atoms with E-state index in [0.29, 0.717) is 6.07 Å². The fourth-order valence-electron chi connectivity index (χ4n) is 2.14. The average molecular weight is 567 g/mol. The minimum atomic E-state index is -7.93. The number of hydrogen-bond acceptors (Lipinski definition) is 1. The van der Waals surface area contributed by atoms with Crippen LogP contribution in [-0.4, -0.2) is 40.6 Å². The summed E-state index contributed by atoms with van der Waals surface area (Å²) in [6, 6.07) is 0.747. The fourth-order valence-corrected chi connectivity index (χ4v) is 2.53. The molecule has 0 amide bonds. The molecule has 179 valence electrons. The molecule has 0 aliphatic rings. The third-order valence-electron chi connectivity index (χ3n) is 3.78. The van der Waals surface area contributed by atoms with Crippen LogP contribution in [-0.2, 0) is 23.8 Å². The molecule has 15 heteroatoms. The molecule has 0 aliphatic heterocycles. The Morgan fingerprint density at radius 3 is 1.58 bits per heavy atom. The number of halogens is 13. The van der Waals surface area contributed by atoms with Gasteiger partial charge in [0.1, 0.15) is 0 Å². The van der Waals surface area contributed by atoms with Gasteiger partial charge in [0.2, 0.25) is 0 Å². The Morgan fingerprint density at radius 2 is 1.19 bits per heavy atom. The van der Waals surface area contributed by atoms with Gasteiger partial charge in [-0.15, -0.1) is 0 Å². The van der Waals surface area contributed by atoms with Crippen molar-refractivity contribution in [2.24, 2.45) is 0 Å². The van der Waals surface area contributed by atoms with Crippen molar-refractivity contribution in [3.8, 4) is 5.75 Å². The summed E-state index contributed by atoms with van der Waals surface area (Å²) in [6.07, 6.45) is -8.02. The van der Waals surface area contributed by atoms with Gasteiger partial charge in [-0.2, -0.15) is 0 Å². The van der Waals surface area contributed by atoms with Crippen LogP contribution >= 0.6 is 0 Å². The number of hydrogen-bond donors (Lipinski definition) is 0. The van der Waals surface area contributed by atoms with Crippen LogP contribution in [0.5, 0.6) is 5.75 Å². The van der Waals surface area contributed by atoms with Gasteiger partial charge in [-0.25, -0.2) is 0 Å². The van der Waals surface area contributed by atoms with Gasteiger partial charge in [-0.1, -0.05) is 0 Å². The van der Waals surface area contributed by atoms with Crippen molar-refractivity contribution in [2.45, 2.75) is 55.7 Å². The molecule has 0 radical (unpaired) electrons. The number of ether oxygens (including phenoxy) is 1. The van der Waals surface area contributed by atoms with E-state index >= 15 is 0 Å². The second-order valence-corrected chi connectivity index (χ2v) is 6.89. The topological polar surface area (TPSA) is 9.23 Å². The van der Waals surface area contributed by atoms with Crippen molar-refractivity contribution in [1.29, 1.82) is 0 Å². The molecule has 0 aliphatic carbocycles. The van der Waals surface area contributed by atoms with E-state index in [0.717, 1.165) is 4.61 Å². The van der Waals surface area contributed by atoms with Crippen LogP contribution in [0.15, 0.2) is 18.2 Å². The third kappa shape index (κ3) is 4.30. The van der Waals surface area contributed by atoms with Crippen LogP contribution in [0.1, 0.15) is 25.0 Å². The third-order valence-corrected chi connectivity index (χ3v) is 4.32. The summed E-state index contributed by atoms with van der Waals surface area (Å²) in [5.74, 6) is -37.4. The molecular formula is C16H11F13ORu+. The second kappa shape index (κ2) is 8.18. The molecule has 1 nitrogen and oxygen atoms in total. The number of rotatable bonds is 8. The van der Waals surface area contributed by atoms with Crippen LogP contribution in [0.4, 0.5) is 57.1 Å². The van der Waals surface area contributed by atoms with E-state index in [4.69, 9.17) is 4.74 Å². The first-order chi connectivity index (χ1) is 13.6. The SMILES string of the molecule is CC(C)Oc1ccc(C(F)(F)C(F)(F)C(F)(F)C(F)(F)C(F)(F)C(F)(F)F)cc1[CH]=[Ru+]. The van der Waals surface area contributed by atoms with E-state index < -0.39 is 53.0 Å². The molecule has 1 aromatic rings. The molecule has 0 saturated carbocycles. The molecule has 0 N–H and O–H groups in total. The van der Waals surface area contributed by atoms with Crippen LogP contribution in [0.25, 0.3) is 0 Å². The van der Waals surface area contributed by atoms with Gasteiger partial charge < -0.3 is 0 Å². The van der Waals surface area contributed by atoms with E-state index in [-0.39, 0.29) is 17.9 Å². The average Bonchev–Trinajstić information content (AvgIpc) is 2.59. The summed E-state index contributed by atoms with van der Waals surface area (Å²) in [7, 11) is 0. The van der Waals surface area contributed by atoms with E-state index in [1.807, 2.05) is 0 Å². The molecule has 0 spiro atoms. The molecule has 1 rings (SSSR count). The predicted octanol–water partition coefficient (Wildman–Crippen LogP) is 6.37. The quantitative estimate of drug-likeness (QED) is 0.262. The van der Waals surface area contributed by atoms with E-state index in [9.17, 15) is 57.1 Å². The van der Waals surface area contributed by atoms with Crippen molar-refractivity contribution >= 4 is 4.61 Å². The van der Waals surface area contributed by atoms with Crippen LogP contribution in [0, 0.1) is 0 Å². The van der Waals surface area contributed by atoms with Crippen LogP contribution < -0.4 is 4.74 Å². The Balaban J connectivity index is 3.62. The molecule has 31 heavy (non-hydrogen) atoms. The normalized spacial score (nSPS) is 14.7. The molecule has 0 atom stereocenters. The molecule has 0 bridgehead atoms. The summed E-state index contributed by atoms with van der Waals surface area (Å²) in [6.45, 7) is 2.93. The molecular weight excluding hydrogens is 556 g/mol. The van der Waals surface area contributed by atoms with Gasteiger partial charge in [0.25, 0.3) is 0 Å². The van der Waals surface area contributed by atoms with E-state index in [1.54, 1.807) is 17.9 Å². The first-order valence-corrected chi connectivity index (χ1v) is 8.79. The van der Waals surface area contributed by atoms with Crippen molar-refractivity contribution < 1.29 is 79.7 Å². The zero-order valence-corrected chi connectivity index (χ0v) is 16.8. The van der Waals surface area contributed by atoms with Crippen molar-refractivity contribution in [1.82, 2.24) is 0 Å². The Bertz CT molecular complexity index is 814. The Morgan fingerprint density at radius 1 is 0.742 bits per heavy atom. The summed E-state index contributed by atoms with van der Waals surface area (Å²) < 4.78 is 178. The standard InChI is InChI=1S/C16H11F13O.Ru/c1-7(2)30-10-5-4-9(6-8(10)3)11(17,18)12(19,20)13(21,22)14(23,24)15(25,26)16(27,28)29;/h3-7H,1-2H3;/q;+1. The zero-order chi connectivity index (χ0) is 24.8. The summed E-state index contributed by atoms with van der Waals surface area (Å²) in [4.78, 5) is 0. The molecule has 1 aromatic carbocycles. The molecule has 0 aromatic heterocycles. The van der Waals surface area contributed by atoms with E-state index in [1.165, 1.54) is 13.8 Å². The van der Waals surface area contributed by atoms with Gasteiger partial charge >= 0.3 is 175 Å². The number of alkyl halides is 13. The van der Waals surface area contributed by atoms with Gasteiger partial charge in [-0.3, -0.25) is 0 Å². The van der Waals surface area contributed by atoms with Gasteiger partial charge in [0.05, 0.1) is 0 Å². The van der Waals surface area contributed by atoms with Crippen molar-refractivity contribution in [3.63, 3.8) is 0 Å². The van der Waals surface area contributed by atoms with Crippen molar-refractivity contribution in [3.05, 3.63) is 29.3 Å². The monoisotopic (exact) mass is 568 g/mol. The van der Waals surface area contributed by atoms with Gasteiger partial charge in [0.15, 0.2) is 0 Å². The predicted molar refractivity (Wildman–Crippen MR) is 77.1 cm³/mol. The van der Waals surface area contributed by atoms with E-state index in [2.05, 4.69) is 0 Å². The van der Waals surface area contributed by atoms with Gasteiger partial charge in [-0.05, 0) is 0 Å². The zero-order valence-electron chi connectivity index (χ0n) is 15.1. The van der Waals surface area contributed by atoms with Crippen molar-refractivity contribution in [2.75, 3.05) is 0 Å². The molecule has 0 saturated heterocycles. The summed E-state index contributed by atoms with van der Waals surface area (Å²) in [5.41, 5.74) is -2.48. The number of benzene rings is 1. The summed E-state index contributed by atoms with van der Waals surface area (Å²) in [5, 5.41) is 0. The fraction of sp³-hybridized carbons (Fsp3) is 0.562. The molecule has 0 fully saturated rings. The van der Waals surface area contributed by atoms with Crippen LogP contribution in [0.3, 0.4) is 0 Å². The first kappa shape index (κ1) is 27.6. The van der Waals surface area contributed by atoms with Crippen LogP contribution in [0.2, 0.25) is 0 Å². The molecule has 0 unspecified atom stereocenters. The Kier molecular flexibility index (Phi) is 7.30. The van der Waals surface area contributed by atoms with Gasteiger partial charge in [0, 0.05) is 0 Å².